The van der Waals surface area contributed by atoms with Crippen LogP contribution in [0.15, 0.2) is 29.5 Å². The molecule has 6 nitrogen and oxygen atoms in total. The van der Waals surface area contributed by atoms with Gasteiger partial charge in [-0.15, -0.1) is 0 Å². The molecule has 0 aliphatic carbocycles. The quantitative estimate of drug-likeness (QED) is 0.799. The Bertz CT molecular complexity index is 772. The predicted octanol–water partition coefficient (Wildman–Crippen LogP) is 2.96. The van der Waals surface area contributed by atoms with E-state index in [2.05, 4.69) is 22.5 Å². The minimum absolute atomic E-state index is 0.284. The van der Waals surface area contributed by atoms with E-state index in [0.717, 1.165) is 36.1 Å². The van der Waals surface area contributed by atoms with Crippen LogP contribution in [-0.4, -0.2) is 43.1 Å². The van der Waals surface area contributed by atoms with Crippen LogP contribution >= 0.6 is 0 Å². The summed E-state index contributed by atoms with van der Waals surface area (Å²) in [7, 11) is 1.38. The highest BCUT2D eigenvalue weighted by molar-refractivity contribution is 5.95. The first-order chi connectivity index (χ1) is 12.9. The average molecular weight is 371 g/mol. The number of benzene rings is 1. The molecule has 1 fully saturated rings. The summed E-state index contributed by atoms with van der Waals surface area (Å²) in [6.07, 6.45) is 3.49. The number of nitrogens with zero attached hydrogens (tertiary/aromatic N) is 1. The van der Waals surface area contributed by atoms with E-state index in [9.17, 15) is 9.59 Å². The van der Waals surface area contributed by atoms with E-state index in [1.54, 1.807) is 0 Å². The number of esters is 1. The third-order valence-electron chi connectivity index (χ3n) is 5.61. The minimum Gasteiger partial charge on any atom is -0.466 e. The molecule has 146 valence electrons. The van der Waals surface area contributed by atoms with E-state index in [1.165, 1.54) is 13.5 Å². The molecule has 2 amide bonds. The van der Waals surface area contributed by atoms with Crippen molar-refractivity contribution < 1.29 is 14.3 Å². The van der Waals surface area contributed by atoms with Gasteiger partial charge in [-0.2, -0.15) is 0 Å². The lowest BCUT2D eigenvalue weighted by molar-refractivity contribution is -0.136. The number of urea groups is 1. The highest BCUT2D eigenvalue weighted by Gasteiger charge is 2.35. The third-order valence-corrected chi connectivity index (χ3v) is 5.61. The highest BCUT2D eigenvalue weighted by Crippen LogP contribution is 2.31. The third kappa shape index (κ3) is 4.16. The highest BCUT2D eigenvalue weighted by atomic mass is 16.5. The summed E-state index contributed by atoms with van der Waals surface area (Å²) in [4.78, 5) is 27.4. The lowest BCUT2D eigenvalue weighted by Gasteiger charge is -2.37. The lowest BCUT2D eigenvalue weighted by Crippen LogP contribution is -2.50. The van der Waals surface area contributed by atoms with Crippen molar-refractivity contribution in [2.24, 2.45) is 0 Å². The number of piperidine rings is 1. The zero-order valence-electron chi connectivity index (χ0n) is 16.6. The number of likely N-dealkylation sites (tertiary alicyclic amines) is 1. The molecule has 0 bridgehead atoms. The van der Waals surface area contributed by atoms with Crippen molar-refractivity contribution in [3.05, 3.63) is 46.2 Å². The van der Waals surface area contributed by atoms with Gasteiger partial charge in [0, 0.05) is 18.3 Å². The number of rotatable bonds is 4. The van der Waals surface area contributed by atoms with Crippen molar-refractivity contribution in [1.82, 2.24) is 15.5 Å². The zero-order valence-corrected chi connectivity index (χ0v) is 16.6. The normalized spacial score (nSPS) is 23.6. The van der Waals surface area contributed by atoms with Crippen molar-refractivity contribution in [3.8, 4) is 0 Å². The van der Waals surface area contributed by atoms with Crippen molar-refractivity contribution in [2.75, 3.05) is 20.2 Å². The van der Waals surface area contributed by atoms with E-state index in [1.807, 2.05) is 32.0 Å². The Hall–Kier alpha value is -2.34. The Morgan fingerprint density at radius 1 is 1.30 bits per heavy atom. The molecule has 1 aromatic carbocycles. The lowest BCUT2D eigenvalue weighted by atomic mass is 9.90. The number of nitrogens with one attached hydrogen (secondary N) is 2. The van der Waals surface area contributed by atoms with Gasteiger partial charge in [0.15, 0.2) is 0 Å². The molecule has 27 heavy (non-hydrogen) atoms. The largest absolute Gasteiger partial charge is 0.466 e. The summed E-state index contributed by atoms with van der Waals surface area (Å²) in [5, 5.41) is 5.79. The fourth-order valence-corrected chi connectivity index (χ4v) is 3.99. The maximum Gasteiger partial charge on any atom is 0.338 e. The molecule has 0 aromatic heterocycles. The SMILES string of the molecule is COC(=O)C1=C(CN2CCCC[C@@H]2C)NC(=O)N[C@@H]1c1cc(C)ccc1C. The topological polar surface area (TPSA) is 70.7 Å². The van der Waals surface area contributed by atoms with Crippen LogP contribution in [0.2, 0.25) is 0 Å². The second-order valence-electron chi connectivity index (χ2n) is 7.59. The zero-order chi connectivity index (χ0) is 19.6. The molecule has 2 aliphatic rings. The molecule has 0 spiro atoms. The Morgan fingerprint density at radius 3 is 2.78 bits per heavy atom. The van der Waals surface area contributed by atoms with Crippen molar-refractivity contribution in [1.29, 1.82) is 0 Å². The Morgan fingerprint density at radius 2 is 2.07 bits per heavy atom. The Labute approximate surface area is 161 Å². The summed E-state index contributed by atoms with van der Waals surface area (Å²) in [5.74, 6) is -0.409. The molecule has 0 radical (unpaired) electrons. The van der Waals surface area contributed by atoms with Crippen molar-refractivity contribution in [3.63, 3.8) is 0 Å². The molecule has 3 rings (SSSR count). The number of ether oxygens (including phenoxy) is 1. The van der Waals surface area contributed by atoms with E-state index in [4.69, 9.17) is 4.74 Å². The van der Waals surface area contributed by atoms with Gasteiger partial charge in [-0.1, -0.05) is 30.2 Å². The molecule has 1 saturated heterocycles. The summed E-state index contributed by atoms with van der Waals surface area (Å²) < 4.78 is 5.09. The van der Waals surface area contributed by atoms with Gasteiger partial charge in [-0.25, -0.2) is 9.59 Å². The second-order valence-corrected chi connectivity index (χ2v) is 7.59. The Balaban J connectivity index is 2.04. The van der Waals surface area contributed by atoms with Gasteiger partial charge in [0.05, 0.1) is 18.7 Å². The molecular formula is C21H29N3O3. The van der Waals surface area contributed by atoms with Crippen LogP contribution in [0.4, 0.5) is 4.79 Å². The molecule has 0 unspecified atom stereocenters. The standard InChI is InChI=1S/C21H29N3O3/c1-13-8-9-14(2)16(11-13)19-18(20(25)27-4)17(22-21(26)23-19)12-24-10-6-5-7-15(24)3/h8-9,11,15,19H,5-7,10,12H2,1-4H3,(H2,22,23,26)/t15-,19+/m0/s1. The van der Waals surface area contributed by atoms with Crippen LogP contribution in [0.25, 0.3) is 0 Å². The maximum absolute atomic E-state index is 12.7. The molecule has 2 N–H and O–H groups in total. The predicted molar refractivity (Wildman–Crippen MR) is 104 cm³/mol. The van der Waals surface area contributed by atoms with Gasteiger partial charge in [0.2, 0.25) is 0 Å². The number of carbonyl (C=O) groups is 2. The fraction of sp³-hybridized carbons (Fsp3) is 0.524. The second kappa shape index (κ2) is 8.13. The van der Waals surface area contributed by atoms with Crippen LogP contribution in [0.3, 0.4) is 0 Å². The average Bonchev–Trinajstić information content (AvgIpc) is 2.64. The van der Waals surface area contributed by atoms with Gasteiger partial charge >= 0.3 is 12.0 Å². The molecule has 2 atom stereocenters. The number of hydrogen-bond donors (Lipinski definition) is 2. The Kier molecular flexibility index (Phi) is 5.85. The number of amides is 2. The van der Waals surface area contributed by atoms with E-state index >= 15 is 0 Å². The maximum atomic E-state index is 12.7. The van der Waals surface area contributed by atoms with Gasteiger partial charge in [0.25, 0.3) is 0 Å². The summed E-state index contributed by atoms with van der Waals surface area (Å²) in [5.41, 5.74) is 4.17. The molecule has 6 heteroatoms. The van der Waals surface area contributed by atoms with E-state index in [-0.39, 0.29) is 6.03 Å². The summed E-state index contributed by atoms with van der Waals surface area (Å²) in [6.45, 7) is 7.70. The molecular weight excluding hydrogens is 342 g/mol. The van der Waals surface area contributed by atoms with Crippen LogP contribution < -0.4 is 10.6 Å². The molecule has 2 heterocycles. The van der Waals surface area contributed by atoms with Crippen LogP contribution in [0, 0.1) is 13.8 Å². The molecule has 0 saturated carbocycles. The van der Waals surface area contributed by atoms with Gasteiger partial charge in [-0.05, 0) is 51.3 Å². The van der Waals surface area contributed by atoms with Crippen LogP contribution in [-0.2, 0) is 9.53 Å². The molecule has 2 aliphatic heterocycles. The minimum atomic E-state index is -0.513. The van der Waals surface area contributed by atoms with Crippen molar-refractivity contribution >= 4 is 12.0 Å². The first-order valence-electron chi connectivity index (χ1n) is 9.60. The monoisotopic (exact) mass is 371 g/mol. The van der Waals surface area contributed by atoms with Crippen LogP contribution in [0.5, 0.6) is 0 Å². The van der Waals surface area contributed by atoms with Crippen LogP contribution in [0.1, 0.15) is 48.9 Å². The summed E-state index contributed by atoms with van der Waals surface area (Å²) >= 11 is 0. The fourth-order valence-electron chi connectivity index (χ4n) is 3.99. The van der Waals surface area contributed by atoms with Gasteiger partial charge in [0.1, 0.15) is 0 Å². The van der Waals surface area contributed by atoms with E-state index < -0.39 is 12.0 Å². The van der Waals surface area contributed by atoms with Gasteiger partial charge < -0.3 is 15.4 Å². The number of methoxy groups -OCH3 is 1. The first kappa shape index (κ1) is 19.4. The number of carbonyl (C=O) groups excluding carboxylic acids is 2. The first-order valence-corrected chi connectivity index (χ1v) is 9.60. The number of aryl methyl sites for hydroxylation is 2. The van der Waals surface area contributed by atoms with Crippen molar-refractivity contribution in [2.45, 2.75) is 52.1 Å². The molecule has 1 aromatic rings. The van der Waals surface area contributed by atoms with E-state index in [0.29, 0.717) is 23.9 Å². The number of hydrogen-bond acceptors (Lipinski definition) is 4. The summed E-state index contributed by atoms with van der Waals surface area (Å²) in [6, 6.07) is 5.69. The van der Waals surface area contributed by atoms with Gasteiger partial charge in [-0.3, -0.25) is 4.90 Å². The smallest absolute Gasteiger partial charge is 0.338 e.